The Morgan fingerprint density at radius 2 is 1.95 bits per heavy atom. The SMILES string of the molecule is O=C([AsH]C1CCCCC1C(=O)O)c1cc2ccccc2[nH]1. The molecule has 1 aliphatic carbocycles. The zero-order valence-electron chi connectivity index (χ0n) is 11.6. The number of aromatic nitrogens is 1. The van der Waals surface area contributed by atoms with Crippen LogP contribution < -0.4 is 0 Å². The van der Waals surface area contributed by atoms with Crippen molar-refractivity contribution in [2.45, 2.75) is 30.4 Å². The van der Waals surface area contributed by atoms with E-state index < -0.39 is 21.7 Å². The molecule has 0 radical (unpaired) electrons. The number of hydrogen-bond donors (Lipinski definition) is 2. The zero-order valence-corrected chi connectivity index (χ0v) is 13.7. The van der Waals surface area contributed by atoms with E-state index in [0.29, 0.717) is 5.69 Å². The Balaban J connectivity index is 1.77. The van der Waals surface area contributed by atoms with Gasteiger partial charge >= 0.3 is 129 Å². The summed E-state index contributed by atoms with van der Waals surface area (Å²) in [6.45, 7) is 0. The molecule has 21 heavy (non-hydrogen) atoms. The van der Waals surface area contributed by atoms with E-state index in [4.69, 9.17) is 0 Å². The number of carboxylic acid groups (broad SMARTS) is 1. The number of carbonyl (C=O) groups is 2. The van der Waals surface area contributed by atoms with Crippen LogP contribution in [-0.2, 0) is 4.79 Å². The first-order valence-electron chi connectivity index (χ1n) is 7.26. The van der Waals surface area contributed by atoms with Crippen LogP contribution in [0.2, 0.25) is 4.71 Å². The van der Waals surface area contributed by atoms with Crippen molar-refractivity contribution in [2.75, 3.05) is 0 Å². The summed E-state index contributed by atoms with van der Waals surface area (Å²) in [5.74, 6) is -1.04. The second kappa shape index (κ2) is 6.06. The van der Waals surface area contributed by atoms with Gasteiger partial charge in [-0.3, -0.25) is 0 Å². The van der Waals surface area contributed by atoms with Gasteiger partial charge in [0.25, 0.3) is 0 Å². The van der Waals surface area contributed by atoms with Crippen molar-refractivity contribution in [1.82, 2.24) is 4.98 Å². The zero-order chi connectivity index (χ0) is 14.8. The van der Waals surface area contributed by atoms with Gasteiger partial charge in [-0.2, -0.15) is 0 Å². The summed E-state index contributed by atoms with van der Waals surface area (Å²) in [7, 11) is 0. The summed E-state index contributed by atoms with van der Waals surface area (Å²) >= 11 is -0.953. The maximum absolute atomic E-state index is 12.5. The van der Waals surface area contributed by atoms with Crippen LogP contribution in [0.3, 0.4) is 0 Å². The fraction of sp³-hybridized carbons (Fsp3) is 0.375. The van der Waals surface area contributed by atoms with Crippen molar-refractivity contribution in [2.24, 2.45) is 5.92 Å². The summed E-state index contributed by atoms with van der Waals surface area (Å²) in [4.78, 5) is 27.0. The van der Waals surface area contributed by atoms with Gasteiger partial charge in [0.2, 0.25) is 0 Å². The molecule has 1 aliphatic rings. The molecular weight excluding hydrogens is 329 g/mol. The Morgan fingerprint density at radius 3 is 2.71 bits per heavy atom. The fourth-order valence-electron chi connectivity index (χ4n) is 3.04. The third-order valence-corrected chi connectivity index (χ3v) is 7.52. The topological polar surface area (TPSA) is 70.2 Å². The van der Waals surface area contributed by atoms with E-state index in [9.17, 15) is 14.7 Å². The molecule has 1 fully saturated rings. The van der Waals surface area contributed by atoms with E-state index in [2.05, 4.69) is 4.98 Å². The van der Waals surface area contributed by atoms with Crippen LogP contribution >= 0.6 is 0 Å². The van der Waals surface area contributed by atoms with Crippen LogP contribution in [-0.4, -0.2) is 36.4 Å². The van der Waals surface area contributed by atoms with Crippen LogP contribution in [0.1, 0.15) is 36.2 Å². The van der Waals surface area contributed by atoms with Crippen LogP contribution in [0, 0.1) is 5.92 Å². The monoisotopic (exact) mass is 347 g/mol. The van der Waals surface area contributed by atoms with Gasteiger partial charge in [-0.15, -0.1) is 0 Å². The Hall–Kier alpha value is -1.54. The van der Waals surface area contributed by atoms with E-state index in [1.54, 1.807) is 0 Å². The molecule has 1 heterocycles. The number of rotatable bonds is 4. The van der Waals surface area contributed by atoms with Crippen molar-refractivity contribution in [3.63, 3.8) is 0 Å². The third kappa shape index (κ3) is 3.05. The number of benzene rings is 1. The van der Waals surface area contributed by atoms with Gasteiger partial charge in [0, 0.05) is 0 Å². The minimum atomic E-state index is -0.953. The van der Waals surface area contributed by atoms with Gasteiger partial charge in [-0.05, 0) is 0 Å². The predicted molar refractivity (Wildman–Crippen MR) is 83.1 cm³/mol. The molecule has 4 nitrogen and oxygen atoms in total. The molecule has 2 N–H and O–H groups in total. The molecule has 110 valence electrons. The standard InChI is InChI=1S/C16H18AsNO3/c19-15(14-9-10-5-1-4-8-13(10)18-14)17-12-7-3-2-6-11(12)16(20)21/h1,4-5,8-9,11-12,17-18H,2-3,6-7H2,(H,20,21). The van der Waals surface area contributed by atoms with Crippen LogP contribution in [0.15, 0.2) is 30.3 Å². The molecule has 3 unspecified atom stereocenters. The molecule has 5 heteroatoms. The molecule has 0 amide bonds. The first-order valence-corrected chi connectivity index (χ1v) is 9.52. The summed E-state index contributed by atoms with van der Waals surface area (Å²) in [5, 5.41) is 10.3. The first kappa shape index (κ1) is 14.4. The van der Waals surface area contributed by atoms with Gasteiger partial charge in [0.1, 0.15) is 0 Å². The molecule has 0 spiro atoms. The maximum atomic E-state index is 12.5. The molecule has 3 atom stereocenters. The van der Waals surface area contributed by atoms with E-state index in [1.165, 1.54) is 0 Å². The van der Waals surface area contributed by atoms with Crippen LogP contribution in [0.4, 0.5) is 0 Å². The van der Waals surface area contributed by atoms with E-state index >= 15 is 0 Å². The number of hydrogen-bond acceptors (Lipinski definition) is 2. The fourth-order valence-corrected chi connectivity index (χ4v) is 6.16. The molecule has 1 aromatic heterocycles. The average molecular weight is 347 g/mol. The van der Waals surface area contributed by atoms with Gasteiger partial charge in [0.15, 0.2) is 0 Å². The quantitative estimate of drug-likeness (QED) is 0.836. The Bertz CT molecular complexity index is 646. The predicted octanol–water partition coefficient (Wildman–Crippen LogP) is 2.81. The Kier molecular flexibility index (Phi) is 4.16. The molecule has 1 saturated carbocycles. The second-order valence-electron chi connectivity index (χ2n) is 5.58. The first-order chi connectivity index (χ1) is 10.1. The number of aromatic amines is 1. The van der Waals surface area contributed by atoms with Crippen molar-refractivity contribution < 1.29 is 14.7 Å². The number of fused-ring (bicyclic) bond motifs is 1. The summed E-state index contributed by atoms with van der Waals surface area (Å²) in [6, 6.07) is 9.70. The van der Waals surface area contributed by atoms with Gasteiger partial charge in [-0.1, -0.05) is 0 Å². The van der Waals surface area contributed by atoms with Gasteiger partial charge in [-0.25, -0.2) is 0 Å². The average Bonchev–Trinajstić information content (AvgIpc) is 2.91. The van der Waals surface area contributed by atoms with Crippen molar-refractivity contribution >= 4 is 37.2 Å². The normalized spacial score (nSPS) is 22.9. The summed E-state index contributed by atoms with van der Waals surface area (Å²) in [6.07, 6.45) is 3.64. The number of carboxylic acids is 1. The van der Waals surface area contributed by atoms with E-state index in [0.717, 1.165) is 36.6 Å². The van der Waals surface area contributed by atoms with Crippen molar-refractivity contribution in [1.29, 1.82) is 0 Å². The number of H-pyrrole nitrogens is 1. The summed E-state index contributed by atoms with van der Waals surface area (Å²) in [5.41, 5.74) is 1.61. The van der Waals surface area contributed by atoms with Crippen LogP contribution in [0.5, 0.6) is 0 Å². The number of para-hydroxylation sites is 1. The number of nitrogens with one attached hydrogen (secondary N) is 1. The molecule has 0 aliphatic heterocycles. The summed E-state index contributed by atoms with van der Waals surface area (Å²) < 4.78 is 0.236. The third-order valence-electron chi connectivity index (χ3n) is 4.17. The number of carbonyl (C=O) groups excluding carboxylic acids is 1. The van der Waals surface area contributed by atoms with Crippen molar-refractivity contribution in [3.05, 3.63) is 36.0 Å². The number of aliphatic carboxylic acids is 1. The minimum absolute atomic E-state index is 0.0927. The van der Waals surface area contributed by atoms with Crippen LogP contribution in [0.25, 0.3) is 10.9 Å². The van der Waals surface area contributed by atoms with E-state index in [1.807, 2.05) is 30.3 Å². The molecule has 2 aromatic rings. The molecule has 0 saturated heterocycles. The Labute approximate surface area is 129 Å². The van der Waals surface area contributed by atoms with Gasteiger partial charge in [0.05, 0.1) is 0 Å². The second-order valence-corrected chi connectivity index (χ2v) is 8.69. The Morgan fingerprint density at radius 1 is 1.19 bits per heavy atom. The van der Waals surface area contributed by atoms with Crippen molar-refractivity contribution in [3.8, 4) is 0 Å². The van der Waals surface area contributed by atoms with Gasteiger partial charge < -0.3 is 0 Å². The molecule has 3 rings (SSSR count). The molecule has 0 bridgehead atoms. The van der Waals surface area contributed by atoms with E-state index in [-0.39, 0.29) is 15.2 Å². The molecular formula is C16H18AsNO3. The molecule has 1 aromatic carbocycles.